The number of hydrogen-bond acceptors (Lipinski definition) is 3. The first kappa shape index (κ1) is 9.94. The first-order valence-corrected chi connectivity index (χ1v) is 5.08. The van der Waals surface area contributed by atoms with E-state index in [0.29, 0.717) is 16.8 Å². The van der Waals surface area contributed by atoms with Gasteiger partial charge in [-0.25, -0.2) is 0 Å². The van der Waals surface area contributed by atoms with Crippen molar-refractivity contribution >= 4 is 26.8 Å². The van der Waals surface area contributed by atoms with E-state index in [1.807, 2.05) is 12.1 Å². The van der Waals surface area contributed by atoms with Crippen molar-refractivity contribution in [3.63, 3.8) is 0 Å². The fourth-order valence-electron chi connectivity index (χ4n) is 1.47. The van der Waals surface area contributed by atoms with Crippen molar-refractivity contribution < 1.29 is 4.74 Å². The molecule has 2 aromatic rings. The Morgan fingerprint density at radius 3 is 3.00 bits per heavy atom. The average Bonchev–Trinajstić information content (AvgIpc) is 2.29. The van der Waals surface area contributed by atoms with E-state index >= 15 is 0 Å². The lowest BCUT2D eigenvalue weighted by Gasteiger charge is -2.07. The Morgan fingerprint density at radius 2 is 2.33 bits per heavy atom. The van der Waals surface area contributed by atoms with E-state index in [9.17, 15) is 0 Å². The number of nitrogens with zero attached hydrogens (tertiary/aromatic N) is 2. The summed E-state index contributed by atoms with van der Waals surface area (Å²) < 4.78 is 6.05. The highest BCUT2D eigenvalue weighted by Crippen LogP contribution is 2.33. The second-order valence-electron chi connectivity index (χ2n) is 2.95. The molecule has 0 unspecified atom stereocenters. The molecule has 0 saturated heterocycles. The van der Waals surface area contributed by atoms with Crippen molar-refractivity contribution in [1.29, 1.82) is 5.26 Å². The molecule has 0 radical (unpaired) electrons. The minimum atomic E-state index is 0.482. The summed E-state index contributed by atoms with van der Waals surface area (Å²) in [6.45, 7) is 0. The van der Waals surface area contributed by atoms with Gasteiger partial charge >= 0.3 is 0 Å². The molecule has 0 atom stereocenters. The number of aromatic nitrogens is 1. The normalized spacial score (nSPS) is 9.93. The Hall–Kier alpha value is -1.60. The van der Waals surface area contributed by atoms with Crippen molar-refractivity contribution in [2.45, 2.75) is 0 Å². The van der Waals surface area contributed by atoms with Gasteiger partial charge in [0.05, 0.1) is 12.7 Å². The standard InChI is InChI=1S/C11H7BrN2O/c1-15-11-7(6-13)5-9(12)8-3-2-4-14-10(8)11/h2-5H,1H3. The van der Waals surface area contributed by atoms with Crippen molar-refractivity contribution in [2.24, 2.45) is 0 Å². The van der Waals surface area contributed by atoms with Gasteiger partial charge in [-0.1, -0.05) is 22.0 Å². The van der Waals surface area contributed by atoms with Crippen LogP contribution in [0, 0.1) is 11.3 Å². The van der Waals surface area contributed by atoms with Crippen LogP contribution in [0.15, 0.2) is 28.9 Å². The van der Waals surface area contributed by atoms with Gasteiger partial charge in [0.2, 0.25) is 0 Å². The number of fused-ring (bicyclic) bond motifs is 1. The van der Waals surface area contributed by atoms with E-state index in [4.69, 9.17) is 10.00 Å². The van der Waals surface area contributed by atoms with Crippen molar-refractivity contribution in [2.75, 3.05) is 7.11 Å². The van der Waals surface area contributed by atoms with E-state index in [1.165, 1.54) is 7.11 Å². The van der Waals surface area contributed by atoms with E-state index in [0.717, 1.165) is 9.86 Å². The van der Waals surface area contributed by atoms with Crippen LogP contribution in [0.5, 0.6) is 5.75 Å². The topological polar surface area (TPSA) is 45.9 Å². The van der Waals surface area contributed by atoms with Crippen LogP contribution >= 0.6 is 15.9 Å². The van der Waals surface area contributed by atoms with Crippen molar-refractivity contribution in [3.8, 4) is 11.8 Å². The number of methoxy groups -OCH3 is 1. The zero-order valence-electron chi connectivity index (χ0n) is 7.99. The summed E-state index contributed by atoms with van der Waals surface area (Å²) in [4.78, 5) is 4.22. The summed E-state index contributed by atoms with van der Waals surface area (Å²) in [7, 11) is 1.54. The van der Waals surface area contributed by atoms with Crippen LogP contribution in [0.2, 0.25) is 0 Å². The minimum absolute atomic E-state index is 0.482. The maximum atomic E-state index is 8.95. The van der Waals surface area contributed by atoms with Gasteiger partial charge in [-0.2, -0.15) is 5.26 Å². The molecule has 4 heteroatoms. The summed E-state index contributed by atoms with van der Waals surface area (Å²) in [6, 6.07) is 7.60. The lowest BCUT2D eigenvalue weighted by molar-refractivity contribution is 0.417. The molecule has 0 amide bonds. The van der Waals surface area contributed by atoms with Crippen LogP contribution in [0.3, 0.4) is 0 Å². The number of ether oxygens (including phenoxy) is 1. The number of benzene rings is 1. The zero-order chi connectivity index (χ0) is 10.8. The highest BCUT2D eigenvalue weighted by molar-refractivity contribution is 9.10. The van der Waals surface area contributed by atoms with E-state index in [-0.39, 0.29) is 0 Å². The van der Waals surface area contributed by atoms with Gasteiger partial charge in [0.25, 0.3) is 0 Å². The van der Waals surface area contributed by atoms with Crippen LogP contribution in [0.25, 0.3) is 10.9 Å². The number of halogens is 1. The van der Waals surface area contributed by atoms with E-state index < -0.39 is 0 Å². The van der Waals surface area contributed by atoms with Gasteiger partial charge in [0, 0.05) is 16.1 Å². The zero-order valence-corrected chi connectivity index (χ0v) is 9.58. The number of nitriles is 1. The van der Waals surface area contributed by atoms with Gasteiger partial charge in [-0.15, -0.1) is 0 Å². The van der Waals surface area contributed by atoms with Crippen LogP contribution in [-0.4, -0.2) is 12.1 Å². The van der Waals surface area contributed by atoms with Crippen LogP contribution in [0.4, 0.5) is 0 Å². The number of pyridine rings is 1. The Balaban J connectivity index is 2.93. The maximum absolute atomic E-state index is 8.95. The highest BCUT2D eigenvalue weighted by atomic mass is 79.9. The summed E-state index contributed by atoms with van der Waals surface area (Å²) in [6.07, 6.45) is 1.68. The molecule has 0 aliphatic rings. The van der Waals surface area contributed by atoms with Crippen molar-refractivity contribution in [1.82, 2.24) is 4.98 Å². The van der Waals surface area contributed by atoms with Gasteiger partial charge in [-0.05, 0) is 12.1 Å². The molecule has 0 spiro atoms. The third kappa shape index (κ3) is 1.55. The van der Waals surface area contributed by atoms with Crippen LogP contribution in [-0.2, 0) is 0 Å². The predicted molar refractivity (Wildman–Crippen MR) is 60.7 cm³/mol. The molecule has 15 heavy (non-hydrogen) atoms. The molecule has 0 fully saturated rings. The molecular weight excluding hydrogens is 256 g/mol. The molecule has 0 saturated carbocycles. The fourth-order valence-corrected chi connectivity index (χ4v) is 2.02. The largest absolute Gasteiger partial charge is 0.493 e. The SMILES string of the molecule is COc1c(C#N)cc(Br)c2cccnc12. The molecule has 74 valence electrons. The molecule has 0 aliphatic carbocycles. The lowest BCUT2D eigenvalue weighted by Crippen LogP contribution is -1.92. The molecule has 3 nitrogen and oxygen atoms in total. The molecule has 2 rings (SSSR count). The lowest BCUT2D eigenvalue weighted by atomic mass is 10.1. The minimum Gasteiger partial charge on any atom is -0.493 e. The summed E-state index contributed by atoms with van der Waals surface area (Å²) >= 11 is 3.41. The third-order valence-electron chi connectivity index (χ3n) is 2.12. The van der Waals surface area contributed by atoms with Gasteiger partial charge in [-0.3, -0.25) is 4.98 Å². The Labute approximate surface area is 95.4 Å². The molecule has 1 heterocycles. The predicted octanol–water partition coefficient (Wildman–Crippen LogP) is 2.88. The Kier molecular flexibility index (Phi) is 2.57. The third-order valence-corrected chi connectivity index (χ3v) is 2.78. The number of rotatable bonds is 1. The second kappa shape index (κ2) is 3.87. The van der Waals surface area contributed by atoms with Crippen LogP contribution in [0.1, 0.15) is 5.56 Å². The average molecular weight is 263 g/mol. The molecule has 0 N–H and O–H groups in total. The first-order chi connectivity index (χ1) is 7.27. The van der Waals surface area contributed by atoms with Crippen molar-refractivity contribution in [3.05, 3.63) is 34.4 Å². The summed E-state index contributed by atoms with van der Waals surface area (Å²) in [5.41, 5.74) is 1.18. The Bertz CT molecular complexity index is 560. The summed E-state index contributed by atoms with van der Waals surface area (Å²) in [5, 5.41) is 9.89. The monoisotopic (exact) mass is 262 g/mol. The van der Waals surface area contributed by atoms with E-state index in [2.05, 4.69) is 27.0 Å². The molecule has 0 bridgehead atoms. The number of hydrogen-bond donors (Lipinski definition) is 0. The fraction of sp³-hybridized carbons (Fsp3) is 0.0909. The smallest absolute Gasteiger partial charge is 0.162 e. The molecular formula is C11H7BrN2O. The molecule has 1 aromatic carbocycles. The Morgan fingerprint density at radius 1 is 1.53 bits per heavy atom. The van der Waals surface area contributed by atoms with Gasteiger partial charge in [0.15, 0.2) is 5.75 Å². The van der Waals surface area contributed by atoms with Crippen LogP contribution < -0.4 is 4.74 Å². The van der Waals surface area contributed by atoms with Gasteiger partial charge < -0.3 is 4.74 Å². The first-order valence-electron chi connectivity index (χ1n) is 4.29. The summed E-state index contributed by atoms with van der Waals surface area (Å²) in [5.74, 6) is 0.524. The second-order valence-corrected chi connectivity index (χ2v) is 3.80. The highest BCUT2D eigenvalue weighted by Gasteiger charge is 2.11. The van der Waals surface area contributed by atoms with Gasteiger partial charge in [0.1, 0.15) is 11.6 Å². The quantitative estimate of drug-likeness (QED) is 0.794. The maximum Gasteiger partial charge on any atom is 0.162 e. The molecule has 1 aromatic heterocycles. The molecule has 0 aliphatic heterocycles. The van der Waals surface area contributed by atoms with E-state index in [1.54, 1.807) is 12.3 Å².